The van der Waals surface area contributed by atoms with E-state index in [0.717, 1.165) is 5.75 Å². The van der Waals surface area contributed by atoms with Crippen LogP contribution in [0.25, 0.3) is 0 Å². The topological polar surface area (TPSA) is 76.7 Å². The molecule has 0 aromatic heterocycles. The molecule has 6 nitrogen and oxygen atoms in total. The van der Waals surface area contributed by atoms with E-state index in [1.54, 1.807) is 79.7 Å². The van der Waals surface area contributed by atoms with Crippen LogP contribution < -0.4 is 20.1 Å². The number of carbonyl (C=O) groups excluding carboxylic acids is 2. The molecule has 0 fully saturated rings. The number of benzene rings is 3. The summed E-state index contributed by atoms with van der Waals surface area (Å²) in [6.45, 7) is 4.08. The maximum atomic E-state index is 12.8. The zero-order chi connectivity index (χ0) is 22.2. The molecule has 1 atom stereocenters. The lowest BCUT2D eigenvalue weighted by Gasteiger charge is -2.17. The largest absolute Gasteiger partial charge is 0.494 e. The standard InChI is InChI=1S/C24H23ClN2O4/c1-3-30-18-14-12-17(13-15-18)26-24(29)19-8-4-6-10-21(19)27-23(28)16(2)31-22-11-7-5-9-20(22)25/h4-16H,3H2,1-2H3,(H,26,29)(H,27,28). The van der Waals surface area contributed by atoms with Crippen molar-refractivity contribution in [3.05, 3.63) is 83.4 Å². The van der Waals surface area contributed by atoms with Gasteiger partial charge >= 0.3 is 0 Å². The van der Waals surface area contributed by atoms with Crippen LogP contribution in [-0.2, 0) is 4.79 Å². The highest BCUT2D eigenvalue weighted by atomic mass is 35.5. The Kier molecular flexibility index (Phi) is 7.51. The number of rotatable bonds is 8. The fourth-order valence-electron chi connectivity index (χ4n) is 2.81. The minimum Gasteiger partial charge on any atom is -0.494 e. The Morgan fingerprint density at radius 1 is 0.935 bits per heavy atom. The monoisotopic (exact) mass is 438 g/mol. The van der Waals surface area contributed by atoms with E-state index in [9.17, 15) is 9.59 Å². The van der Waals surface area contributed by atoms with Crippen LogP contribution in [0.1, 0.15) is 24.2 Å². The van der Waals surface area contributed by atoms with E-state index < -0.39 is 12.0 Å². The van der Waals surface area contributed by atoms with Gasteiger partial charge in [0.05, 0.1) is 22.9 Å². The summed E-state index contributed by atoms with van der Waals surface area (Å²) in [6.07, 6.45) is -0.817. The lowest BCUT2D eigenvalue weighted by Crippen LogP contribution is -2.31. The van der Waals surface area contributed by atoms with E-state index in [4.69, 9.17) is 21.1 Å². The van der Waals surface area contributed by atoms with Crippen molar-refractivity contribution in [2.24, 2.45) is 0 Å². The van der Waals surface area contributed by atoms with Crippen LogP contribution in [0.15, 0.2) is 72.8 Å². The number of ether oxygens (including phenoxy) is 2. The summed E-state index contributed by atoms with van der Waals surface area (Å²) in [7, 11) is 0. The minimum atomic E-state index is -0.817. The van der Waals surface area contributed by atoms with Crippen molar-refractivity contribution in [1.29, 1.82) is 0 Å². The molecule has 0 saturated heterocycles. The molecule has 1 unspecified atom stereocenters. The molecule has 3 rings (SSSR count). The van der Waals surface area contributed by atoms with E-state index in [0.29, 0.717) is 34.3 Å². The molecule has 2 amide bonds. The van der Waals surface area contributed by atoms with Crippen LogP contribution in [0.4, 0.5) is 11.4 Å². The van der Waals surface area contributed by atoms with Gasteiger partial charge in [0.15, 0.2) is 6.10 Å². The summed E-state index contributed by atoms with van der Waals surface area (Å²) < 4.78 is 11.1. The maximum Gasteiger partial charge on any atom is 0.265 e. The molecule has 0 aliphatic rings. The highest BCUT2D eigenvalue weighted by Crippen LogP contribution is 2.25. The first-order valence-electron chi connectivity index (χ1n) is 9.83. The molecule has 0 spiro atoms. The Morgan fingerprint density at radius 2 is 1.61 bits per heavy atom. The quantitative estimate of drug-likeness (QED) is 0.494. The molecule has 31 heavy (non-hydrogen) atoms. The smallest absolute Gasteiger partial charge is 0.265 e. The number of carbonyl (C=O) groups is 2. The molecule has 3 aromatic rings. The maximum absolute atomic E-state index is 12.8. The molecule has 3 aromatic carbocycles. The molecular formula is C24H23ClN2O4. The van der Waals surface area contributed by atoms with Gasteiger partial charge in [-0.15, -0.1) is 0 Å². The second kappa shape index (κ2) is 10.5. The van der Waals surface area contributed by atoms with E-state index >= 15 is 0 Å². The van der Waals surface area contributed by atoms with Crippen LogP contribution in [0.2, 0.25) is 5.02 Å². The third-order valence-corrected chi connectivity index (χ3v) is 4.67. The van der Waals surface area contributed by atoms with Gasteiger partial charge in [0.2, 0.25) is 0 Å². The average Bonchev–Trinajstić information content (AvgIpc) is 2.77. The van der Waals surface area contributed by atoms with Gasteiger partial charge < -0.3 is 20.1 Å². The second-order valence-electron chi connectivity index (χ2n) is 6.64. The molecule has 7 heteroatoms. The number of halogens is 1. The summed E-state index contributed by atoms with van der Waals surface area (Å²) in [5.74, 6) is 0.384. The van der Waals surface area contributed by atoms with E-state index in [1.165, 1.54) is 0 Å². The van der Waals surface area contributed by atoms with Gasteiger partial charge in [-0.05, 0) is 62.4 Å². The first kappa shape index (κ1) is 22.2. The minimum absolute atomic E-state index is 0.328. The summed E-state index contributed by atoms with van der Waals surface area (Å²) in [5, 5.41) is 5.99. The Morgan fingerprint density at radius 3 is 2.32 bits per heavy atom. The predicted molar refractivity (Wildman–Crippen MR) is 122 cm³/mol. The summed E-state index contributed by atoms with van der Waals surface area (Å²) in [5.41, 5.74) is 1.32. The lowest BCUT2D eigenvalue weighted by atomic mass is 10.1. The van der Waals surface area contributed by atoms with Gasteiger partial charge in [-0.2, -0.15) is 0 Å². The van der Waals surface area contributed by atoms with Gasteiger partial charge in [-0.1, -0.05) is 35.9 Å². The fraction of sp³-hybridized carbons (Fsp3) is 0.167. The molecular weight excluding hydrogens is 416 g/mol. The van der Waals surface area contributed by atoms with Gasteiger partial charge in [-0.25, -0.2) is 0 Å². The highest BCUT2D eigenvalue weighted by Gasteiger charge is 2.19. The van der Waals surface area contributed by atoms with Crippen LogP contribution >= 0.6 is 11.6 Å². The van der Waals surface area contributed by atoms with E-state index in [2.05, 4.69) is 10.6 Å². The van der Waals surface area contributed by atoms with Crippen LogP contribution in [0.5, 0.6) is 11.5 Å². The van der Waals surface area contributed by atoms with Gasteiger partial charge in [0, 0.05) is 5.69 Å². The van der Waals surface area contributed by atoms with Crippen molar-refractivity contribution in [2.45, 2.75) is 20.0 Å². The normalized spacial score (nSPS) is 11.3. The zero-order valence-corrected chi connectivity index (χ0v) is 18.0. The molecule has 0 saturated carbocycles. The van der Waals surface area contributed by atoms with Crippen LogP contribution in [0.3, 0.4) is 0 Å². The number of hydrogen-bond acceptors (Lipinski definition) is 4. The molecule has 0 bridgehead atoms. The Balaban J connectivity index is 1.68. The van der Waals surface area contributed by atoms with E-state index in [1.807, 2.05) is 6.92 Å². The number of anilines is 2. The first-order valence-corrected chi connectivity index (χ1v) is 10.2. The molecule has 160 valence electrons. The summed E-state index contributed by atoms with van der Waals surface area (Å²) in [4.78, 5) is 25.4. The second-order valence-corrected chi connectivity index (χ2v) is 7.04. The zero-order valence-electron chi connectivity index (χ0n) is 17.2. The molecule has 0 aliphatic heterocycles. The Labute approximate surface area is 186 Å². The van der Waals surface area contributed by atoms with Crippen molar-refractivity contribution in [3.63, 3.8) is 0 Å². The molecule has 0 heterocycles. The number of amides is 2. The van der Waals surface area contributed by atoms with Crippen molar-refractivity contribution >= 4 is 34.8 Å². The summed E-state index contributed by atoms with van der Waals surface area (Å²) >= 11 is 6.09. The van der Waals surface area contributed by atoms with Crippen LogP contribution in [0, 0.1) is 0 Å². The number of nitrogens with one attached hydrogen (secondary N) is 2. The Hall–Kier alpha value is -3.51. The predicted octanol–water partition coefficient (Wildman–Crippen LogP) is 5.40. The Bertz CT molecular complexity index is 1050. The van der Waals surface area contributed by atoms with Gasteiger partial charge in [-0.3, -0.25) is 9.59 Å². The number of hydrogen-bond donors (Lipinski definition) is 2. The van der Waals surface area contributed by atoms with Crippen LogP contribution in [-0.4, -0.2) is 24.5 Å². The average molecular weight is 439 g/mol. The molecule has 0 aliphatic carbocycles. The fourth-order valence-corrected chi connectivity index (χ4v) is 2.99. The third-order valence-electron chi connectivity index (χ3n) is 4.36. The van der Waals surface area contributed by atoms with Crippen molar-refractivity contribution in [1.82, 2.24) is 0 Å². The van der Waals surface area contributed by atoms with Gasteiger partial charge in [0.1, 0.15) is 11.5 Å². The molecule has 0 radical (unpaired) electrons. The van der Waals surface area contributed by atoms with Crippen molar-refractivity contribution in [3.8, 4) is 11.5 Å². The SMILES string of the molecule is CCOc1ccc(NC(=O)c2ccccc2NC(=O)C(C)Oc2ccccc2Cl)cc1. The first-order chi connectivity index (χ1) is 15.0. The highest BCUT2D eigenvalue weighted by molar-refractivity contribution is 6.32. The van der Waals surface area contributed by atoms with Crippen molar-refractivity contribution < 1.29 is 19.1 Å². The van der Waals surface area contributed by atoms with Crippen molar-refractivity contribution in [2.75, 3.05) is 17.2 Å². The van der Waals surface area contributed by atoms with E-state index in [-0.39, 0.29) is 5.91 Å². The van der Waals surface area contributed by atoms with Gasteiger partial charge in [0.25, 0.3) is 11.8 Å². The molecule has 2 N–H and O–H groups in total. The number of para-hydroxylation sites is 2. The lowest BCUT2D eigenvalue weighted by molar-refractivity contribution is -0.122. The third kappa shape index (κ3) is 5.99. The summed E-state index contributed by atoms with van der Waals surface area (Å²) in [6, 6.07) is 20.7.